The molecule has 0 atom stereocenters. The summed E-state index contributed by atoms with van der Waals surface area (Å²) in [5.74, 6) is 0.0959. The molecular weight excluding hydrogens is 330 g/mol. The fraction of sp³-hybridized carbons (Fsp3) is 0.222. The Bertz CT molecular complexity index is 696. The molecule has 8 heteroatoms. The fourth-order valence-electron chi connectivity index (χ4n) is 1.49. The molecule has 0 saturated heterocycles. The van der Waals surface area contributed by atoms with E-state index in [1.54, 1.807) is 16.7 Å². The van der Waals surface area contributed by atoms with Gasteiger partial charge >= 0.3 is 0 Å². The molecule has 0 amide bonds. The molecule has 5 nitrogen and oxygen atoms in total. The third-order valence-electron chi connectivity index (χ3n) is 2.15. The number of nitrogen functional groups attached to an aromatic ring is 1. The summed E-state index contributed by atoms with van der Waals surface area (Å²) in [7, 11) is -3.17. The van der Waals surface area contributed by atoms with E-state index >= 15 is 0 Å². The summed E-state index contributed by atoms with van der Waals surface area (Å²) in [6.07, 6.45) is 2.73. The normalized spacial score (nSPS) is 12.2. The number of imidazole rings is 1. The summed E-state index contributed by atoms with van der Waals surface area (Å²) < 4.78 is 24.7. The zero-order chi connectivity index (χ0) is 12.8. The molecule has 0 aliphatic carbocycles. The van der Waals surface area contributed by atoms with Crippen molar-refractivity contribution in [2.45, 2.75) is 5.75 Å². The molecule has 0 radical (unpaired) electrons. The van der Waals surface area contributed by atoms with Crippen LogP contribution in [0.4, 0.5) is 5.82 Å². The van der Waals surface area contributed by atoms with Crippen molar-refractivity contribution in [2.75, 3.05) is 12.0 Å². The molecule has 0 spiro atoms. The zero-order valence-corrected chi connectivity index (χ0v) is 12.0. The van der Waals surface area contributed by atoms with E-state index in [1.807, 2.05) is 0 Å². The Morgan fingerprint density at radius 3 is 2.82 bits per heavy atom. The van der Waals surface area contributed by atoms with Gasteiger partial charge in [-0.1, -0.05) is 11.6 Å². The van der Waals surface area contributed by atoms with Crippen molar-refractivity contribution < 1.29 is 8.42 Å². The molecule has 0 aliphatic heterocycles. The number of rotatable bonds is 2. The number of anilines is 1. The zero-order valence-electron chi connectivity index (χ0n) is 8.81. The van der Waals surface area contributed by atoms with E-state index in [2.05, 4.69) is 20.9 Å². The lowest BCUT2D eigenvalue weighted by atomic mass is 10.5. The van der Waals surface area contributed by atoms with Crippen molar-refractivity contribution in [3.8, 4) is 0 Å². The molecule has 0 unspecified atom stereocenters. The standard InChI is InChI=1S/C9H9BrClN3O2S/c1-17(15,16)4-7-8(12)14-3-5(11)2-6(10)9(14)13-7/h2-3H,4,12H2,1H3. The first kappa shape index (κ1) is 12.7. The number of halogens is 2. The highest BCUT2D eigenvalue weighted by molar-refractivity contribution is 9.10. The summed E-state index contributed by atoms with van der Waals surface area (Å²) in [6.45, 7) is 0. The highest BCUT2D eigenvalue weighted by Gasteiger charge is 2.16. The molecule has 2 aromatic rings. The average Bonchev–Trinajstić information content (AvgIpc) is 2.43. The number of pyridine rings is 1. The predicted molar refractivity (Wildman–Crippen MR) is 70.9 cm³/mol. The largest absolute Gasteiger partial charge is 0.383 e. The van der Waals surface area contributed by atoms with Gasteiger partial charge < -0.3 is 5.73 Å². The van der Waals surface area contributed by atoms with Gasteiger partial charge in [0.2, 0.25) is 0 Å². The highest BCUT2D eigenvalue weighted by Crippen LogP contribution is 2.26. The van der Waals surface area contributed by atoms with Crippen molar-refractivity contribution in [1.82, 2.24) is 9.38 Å². The Morgan fingerprint density at radius 2 is 2.24 bits per heavy atom. The third kappa shape index (κ3) is 2.56. The molecule has 2 rings (SSSR count). The monoisotopic (exact) mass is 337 g/mol. The molecule has 2 N–H and O–H groups in total. The van der Waals surface area contributed by atoms with Crippen LogP contribution in [0.3, 0.4) is 0 Å². The predicted octanol–water partition coefficient (Wildman–Crippen LogP) is 1.88. The van der Waals surface area contributed by atoms with Gasteiger partial charge in [-0.15, -0.1) is 0 Å². The van der Waals surface area contributed by atoms with Crippen LogP contribution < -0.4 is 5.73 Å². The second-order valence-corrected chi connectivity index (χ2v) is 7.14. The van der Waals surface area contributed by atoms with Crippen molar-refractivity contribution in [2.24, 2.45) is 0 Å². The van der Waals surface area contributed by atoms with Gasteiger partial charge in [-0.25, -0.2) is 13.4 Å². The number of nitrogens with two attached hydrogens (primary N) is 1. The van der Waals surface area contributed by atoms with Gasteiger partial charge in [0.25, 0.3) is 0 Å². The van der Waals surface area contributed by atoms with Crippen molar-refractivity contribution in [3.63, 3.8) is 0 Å². The Kier molecular flexibility index (Phi) is 3.09. The first-order chi connectivity index (χ1) is 7.78. The van der Waals surface area contributed by atoms with Crippen molar-refractivity contribution in [1.29, 1.82) is 0 Å². The molecule has 2 aromatic heterocycles. The second-order valence-electron chi connectivity index (χ2n) is 3.71. The number of aromatic nitrogens is 2. The molecular formula is C9H9BrClN3O2S. The Hall–Kier alpha value is -0.790. The summed E-state index contributed by atoms with van der Waals surface area (Å²) in [6, 6.07) is 1.67. The van der Waals surface area contributed by atoms with Gasteiger partial charge in [-0.3, -0.25) is 4.40 Å². The molecule has 92 valence electrons. The number of fused-ring (bicyclic) bond motifs is 1. The molecule has 0 bridgehead atoms. The number of hydrogen-bond donors (Lipinski definition) is 1. The topological polar surface area (TPSA) is 77.5 Å². The minimum absolute atomic E-state index is 0.190. The summed E-state index contributed by atoms with van der Waals surface area (Å²) in [4.78, 5) is 4.19. The van der Waals surface area contributed by atoms with Crippen molar-refractivity contribution >= 4 is 48.8 Å². The lowest BCUT2D eigenvalue weighted by Crippen LogP contribution is -2.04. The first-order valence-electron chi connectivity index (χ1n) is 4.57. The van der Waals surface area contributed by atoms with E-state index in [1.165, 1.54) is 0 Å². The molecule has 0 aromatic carbocycles. The van der Waals surface area contributed by atoms with Gasteiger partial charge in [0.05, 0.1) is 20.9 Å². The van der Waals surface area contributed by atoms with Crippen LogP contribution >= 0.6 is 27.5 Å². The molecule has 0 aliphatic rings. The first-order valence-corrected chi connectivity index (χ1v) is 7.80. The molecule has 17 heavy (non-hydrogen) atoms. The van der Waals surface area contributed by atoms with E-state index in [9.17, 15) is 8.42 Å². The van der Waals surface area contributed by atoms with Gasteiger partial charge in [0, 0.05) is 12.5 Å². The van der Waals surface area contributed by atoms with Crippen LogP contribution in [0.25, 0.3) is 5.65 Å². The third-order valence-corrected chi connectivity index (χ3v) is 3.74. The van der Waals surface area contributed by atoms with Gasteiger partial charge in [-0.2, -0.15) is 0 Å². The quantitative estimate of drug-likeness (QED) is 0.907. The van der Waals surface area contributed by atoms with Crippen molar-refractivity contribution in [3.05, 3.63) is 27.5 Å². The number of sulfone groups is 1. The lowest BCUT2D eigenvalue weighted by Gasteiger charge is -1.99. The fourth-order valence-corrected chi connectivity index (χ4v) is 3.07. The van der Waals surface area contributed by atoms with E-state index in [-0.39, 0.29) is 11.6 Å². The summed E-state index contributed by atoms with van der Waals surface area (Å²) in [5.41, 5.74) is 6.72. The lowest BCUT2D eigenvalue weighted by molar-refractivity contribution is 0.600. The smallest absolute Gasteiger partial charge is 0.153 e. The Labute approximate surface area is 112 Å². The van der Waals surface area contributed by atoms with Crippen LogP contribution in [0, 0.1) is 0 Å². The molecule has 0 saturated carbocycles. The summed E-state index contributed by atoms with van der Waals surface area (Å²) >= 11 is 9.19. The van der Waals surface area contributed by atoms with Crippen LogP contribution in [0.15, 0.2) is 16.7 Å². The van der Waals surface area contributed by atoms with Crippen LogP contribution in [0.2, 0.25) is 5.02 Å². The SMILES string of the molecule is CS(=O)(=O)Cc1nc2c(Br)cc(Cl)cn2c1N. The minimum atomic E-state index is -3.17. The minimum Gasteiger partial charge on any atom is -0.383 e. The van der Waals surface area contributed by atoms with E-state index in [0.29, 0.717) is 20.8 Å². The molecule has 0 fully saturated rings. The van der Waals surface area contributed by atoms with Gasteiger partial charge in [-0.05, 0) is 22.0 Å². The van der Waals surface area contributed by atoms with Gasteiger partial charge in [0.15, 0.2) is 15.5 Å². The summed E-state index contributed by atoms with van der Waals surface area (Å²) in [5, 5.41) is 0.486. The van der Waals surface area contributed by atoms with Crippen LogP contribution in [-0.2, 0) is 15.6 Å². The number of nitrogens with zero attached hydrogens (tertiary/aromatic N) is 2. The van der Waals surface area contributed by atoms with Gasteiger partial charge in [0.1, 0.15) is 5.82 Å². The maximum Gasteiger partial charge on any atom is 0.153 e. The molecule has 2 heterocycles. The van der Waals surface area contributed by atoms with Crippen LogP contribution in [0.1, 0.15) is 5.69 Å². The Balaban J connectivity index is 2.69. The average molecular weight is 339 g/mol. The van der Waals surface area contributed by atoms with E-state index in [0.717, 1.165) is 6.26 Å². The Morgan fingerprint density at radius 1 is 1.59 bits per heavy atom. The maximum atomic E-state index is 11.2. The second kappa shape index (κ2) is 4.15. The van der Waals surface area contributed by atoms with Crippen LogP contribution in [0.5, 0.6) is 0 Å². The van der Waals surface area contributed by atoms with E-state index < -0.39 is 9.84 Å². The van der Waals surface area contributed by atoms with Crippen LogP contribution in [-0.4, -0.2) is 24.1 Å². The highest BCUT2D eigenvalue weighted by atomic mass is 79.9. The number of hydrogen-bond acceptors (Lipinski definition) is 4. The van der Waals surface area contributed by atoms with E-state index in [4.69, 9.17) is 17.3 Å². The maximum absolute atomic E-state index is 11.2.